The van der Waals surface area contributed by atoms with Gasteiger partial charge in [-0.25, -0.2) is 5.84 Å². The average molecular weight is 158 g/mol. The third-order valence-corrected chi connectivity index (χ3v) is 1.16. The minimum absolute atomic E-state index is 0.108. The van der Waals surface area contributed by atoms with Gasteiger partial charge in [-0.05, 0) is 6.92 Å². The summed E-state index contributed by atoms with van der Waals surface area (Å²) in [7, 11) is 1.51. The molecule has 0 aliphatic carbocycles. The van der Waals surface area contributed by atoms with Crippen LogP contribution in [0.2, 0.25) is 0 Å². The molecular formula is C6H14N4O. The summed E-state index contributed by atoms with van der Waals surface area (Å²) in [4.78, 5) is 10.8. The SMILES string of the molecule is CCN(N)/C=C(\N)C(=O)NC. The van der Waals surface area contributed by atoms with Gasteiger partial charge in [-0.3, -0.25) is 4.79 Å². The molecule has 0 aromatic heterocycles. The molecule has 0 radical (unpaired) electrons. The Balaban J connectivity index is 4.09. The maximum atomic E-state index is 10.8. The fraction of sp³-hybridized carbons (Fsp3) is 0.500. The van der Waals surface area contributed by atoms with Gasteiger partial charge in [0.1, 0.15) is 5.70 Å². The van der Waals surface area contributed by atoms with Crippen molar-refractivity contribution in [2.24, 2.45) is 11.6 Å². The van der Waals surface area contributed by atoms with Crippen molar-refractivity contribution >= 4 is 5.91 Å². The summed E-state index contributed by atoms with van der Waals surface area (Å²) in [5.41, 5.74) is 5.44. The molecule has 0 aromatic rings. The highest BCUT2D eigenvalue weighted by atomic mass is 16.1. The van der Waals surface area contributed by atoms with E-state index in [1.165, 1.54) is 18.3 Å². The van der Waals surface area contributed by atoms with Gasteiger partial charge in [-0.2, -0.15) is 0 Å². The van der Waals surface area contributed by atoms with Crippen molar-refractivity contribution in [3.05, 3.63) is 11.9 Å². The summed E-state index contributed by atoms with van der Waals surface area (Å²) in [6.45, 7) is 2.46. The van der Waals surface area contributed by atoms with Crippen LogP contribution in [0.3, 0.4) is 0 Å². The largest absolute Gasteiger partial charge is 0.393 e. The molecule has 0 rings (SSSR count). The van der Waals surface area contributed by atoms with E-state index in [0.29, 0.717) is 6.54 Å². The van der Waals surface area contributed by atoms with Gasteiger partial charge in [-0.15, -0.1) is 0 Å². The topological polar surface area (TPSA) is 84.4 Å². The van der Waals surface area contributed by atoms with Crippen molar-refractivity contribution < 1.29 is 4.79 Å². The maximum Gasteiger partial charge on any atom is 0.268 e. The van der Waals surface area contributed by atoms with Crippen LogP contribution in [-0.4, -0.2) is 24.5 Å². The number of likely N-dealkylation sites (N-methyl/N-ethyl adjacent to an activating group) is 1. The Labute approximate surface area is 66.0 Å². The zero-order valence-corrected chi connectivity index (χ0v) is 6.79. The highest BCUT2D eigenvalue weighted by molar-refractivity contribution is 5.91. The first kappa shape index (κ1) is 9.77. The second-order valence-electron chi connectivity index (χ2n) is 1.99. The average Bonchev–Trinajstić information content (AvgIpc) is 2.02. The van der Waals surface area contributed by atoms with Crippen molar-refractivity contribution in [2.45, 2.75) is 6.92 Å². The predicted molar refractivity (Wildman–Crippen MR) is 42.9 cm³/mol. The first-order chi connectivity index (χ1) is 5.11. The second kappa shape index (κ2) is 4.56. The number of nitrogens with two attached hydrogens (primary N) is 2. The molecule has 0 spiro atoms. The number of hydrazine groups is 1. The first-order valence-corrected chi connectivity index (χ1v) is 3.32. The van der Waals surface area contributed by atoms with E-state index in [-0.39, 0.29) is 11.6 Å². The standard InChI is InChI=1S/C6H14N4O/c1-3-10(8)4-5(7)6(11)9-2/h4H,3,7-8H2,1-2H3,(H,9,11)/b5-4-. The van der Waals surface area contributed by atoms with Crippen molar-refractivity contribution in [2.75, 3.05) is 13.6 Å². The van der Waals surface area contributed by atoms with Crippen LogP contribution in [0, 0.1) is 0 Å². The molecule has 11 heavy (non-hydrogen) atoms. The molecule has 0 saturated carbocycles. The number of hydrogen-bond donors (Lipinski definition) is 3. The summed E-state index contributed by atoms with van der Waals surface area (Å²) in [6.07, 6.45) is 1.39. The molecule has 64 valence electrons. The van der Waals surface area contributed by atoms with Gasteiger partial charge in [0.25, 0.3) is 5.91 Å². The molecule has 0 saturated heterocycles. The minimum atomic E-state index is -0.325. The Hall–Kier alpha value is -1.23. The van der Waals surface area contributed by atoms with Gasteiger partial charge >= 0.3 is 0 Å². The lowest BCUT2D eigenvalue weighted by atomic mass is 10.4. The lowest BCUT2D eigenvalue weighted by molar-refractivity contribution is -0.117. The van der Waals surface area contributed by atoms with Crippen LogP contribution in [-0.2, 0) is 4.79 Å². The van der Waals surface area contributed by atoms with Gasteiger partial charge in [0.2, 0.25) is 0 Å². The molecule has 0 unspecified atom stereocenters. The molecule has 0 aromatic carbocycles. The Morgan fingerprint density at radius 2 is 2.27 bits per heavy atom. The maximum absolute atomic E-state index is 10.8. The molecule has 0 fully saturated rings. The first-order valence-electron chi connectivity index (χ1n) is 3.32. The molecule has 0 aliphatic heterocycles. The smallest absolute Gasteiger partial charge is 0.268 e. The van der Waals surface area contributed by atoms with E-state index in [1.54, 1.807) is 0 Å². The van der Waals surface area contributed by atoms with Gasteiger partial charge in [0.05, 0.1) is 0 Å². The van der Waals surface area contributed by atoms with E-state index < -0.39 is 0 Å². The highest BCUT2D eigenvalue weighted by Crippen LogP contribution is 1.85. The summed E-state index contributed by atoms with van der Waals surface area (Å²) in [6, 6.07) is 0. The summed E-state index contributed by atoms with van der Waals surface area (Å²) < 4.78 is 0. The highest BCUT2D eigenvalue weighted by Gasteiger charge is 2.01. The molecule has 0 bridgehead atoms. The van der Waals surface area contributed by atoms with Crippen LogP contribution in [0.25, 0.3) is 0 Å². The van der Waals surface area contributed by atoms with Gasteiger partial charge in [0, 0.05) is 19.8 Å². The number of rotatable bonds is 3. The van der Waals surface area contributed by atoms with E-state index in [9.17, 15) is 4.79 Å². The van der Waals surface area contributed by atoms with Gasteiger partial charge in [-0.1, -0.05) is 0 Å². The summed E-state index contributed by atoms with van der Waals surface area (Å²) in [5, 5.41) is 3.72. The minimum Gasteiger partial charge on any atom is -0.393 e. The van der Waals surface area contributed by atoms with Crippen LogP contribution < -0.4 is 16.9 Å². The number of amides is 1. The molecule has 0 aliphatic rings. The van der Waals surface area contributed by atoms with Crippen molar-refractivity contribution in [1.29, 1.82) is 0 Å². The second-order valence-corrected chi connectivity index (χ2v) is 1.99. The van der Waals surface area contributed by atoms with E-state index in [0.717, 1.165) is 0 Å². The predicted octanol–water partition coefficient (Wildman–Crippen LogP) is -1.27. The van der Waals surface area contributed by atoms with Gasteiger partial charge < -0.3 is 16.1 Å². The van der Waals surface area contributed by atoms with E-state index in [2.05, 4.69) is 5.32 Å². The fourth-order valence-electron chi connectivity index (χ4n) is 0.473. The molecular weight excluding hydrogens is 144 g/mol. The summed E-state index contributed by atoms with van der Waals surface area (Å²) >= 11 is 0. The fourth-order valence-corrected chi connectivity index (χ4v) is 0.473. The van der Waals surface area contributed by atoms with Crippen molar-refractivity contribution in [3.63, 3.8) is 0 Å². The van der Waals surface area contributed by atoms with E-state index in [4.69, 9.17) is 11.6 Å². The number of nitrogens with zero attached hydrogens (tertiary/aromatic N) is 1. The normalized spacial score (nSPS) is 11.0. The zero-order valence-electron chi connectivity index (χ0n) is 6.79. The molecule has 5 N–H and O–H groups in total. The van der Waals surface area contributed by atoms with Crippen LogP contribution in [0.15, 0.2) is 11.9 Å². The Morgan fingerprint density at radius 1 is 1.73 bits per heavy atom. The van der Waals surface area contributed by atoms with E-state index >= 15 is 0 Å². The molecule has 0 heterocycles. The molecule has 5 nitrogen and oxygen atoms in total. The number of carbonyl (C=O) groups is 1. The van der Waals surface area contributed by atoms with Gasteiger partial charge in [0.15, 0.2) is 0 Å². The number of carbonyl (C=O) groups excluding carboxylic acids is 1. The number of hydrogen-bond acceptors (Lipinski definition) is 4. The molecule has 0 atom stereocenters. The van der Waals surface area contributed by atoms with Crippen LogP contribution in [0.1, 0.15) is 6.92 Å². The van der Waals surface area contributed by atoms with Crippen LogP contribution in [0.4, 0.5) is 0 Å². The Morgan fingerprint density at radius 3 is 2.64 bits per heavy atom. The van der Waals surface area contributed by atoms with Crippen LogP contribution >= 0.6 is 0 Å². The lowest BCUT2D eigenvalue weighted by Crippen LogP contribution is -2.31. The summed E-state index contributed by atoms with van der Waals surface area (Å²) in [5.74, 6) is 5.04. The van der Waals surface area contributed by atoms with Crippen molar-refractivity contribution in [3.8, 4) is 0 Å². The molecule has 1 amide bonds. The Bertz CT molecular complexity index is 166. The van der Waals surface area contributed by atoms with Crippen molar-refractivity contribution in [1.82, 2.24) is 10.3 Å². The van der Waals surface area contributed by atoms with Crippen LogP contribution in [0.5, 0.6) is 0 Å². The quantitative estimate of drug-likeness (QED) is 0.271. The Kier molecular flexibility index (Phi) is 4.05. The third-order valence-electron chi connectivity index (χ3n) is 1.16. The monoisotopic (exact) mass is 158 g/mol. The zero-order chi connectivity index (χ0) is 8.85. The third kappa shape index (κ3) is 3.47. The van der Waals surface area contributed by atoms with E-state index in [1.807, 2.05) is 6.92 Å². The molecule has 5 heteroatoms. The lowest BCUT2D eigenvalue weighted by Gasteiger charge is -2.10. The number of nitrogens with one attached hydrogen (secondary N) is 1.